The lowest BCUT2D eigenvalue weighted by Gasteiger charge is -2.30. The van der Waals surface area contributed by atoms with Crippen LogP contribution in [0.3, 0.4) is 0 Å². The van der Waals surface area contributed by atoms with Crippen molar-refractivity contribution in [1.29, 1.82) is 0 Å². The lowest BCUT2D eigenvalue weighted by atomic mass is 9.80. The second-order valence-corrected chi connectivity index (χ2v) is 5.87. The van der Waals surface area contributed by atoms with Gasteiger partial charge in [-0.15, -0.1) is 23.2 Å². The van der Waals surface area contributed by atoms with E-state index in [1.54, 1.807) is 0 Å². The molecule has 0 unspecified atom stereocenters. The van der Waals surface area contributed by atoms with Gasteiger partial charge in [-0.2, -0.15) is 0 Å². The van der Waals surface area contributed by atoms with E-state index in [0.717, 1.165) is 19.3 Å². The van der Waals surface area contributed by atoms with Gasteiger partial charge in [0.25, 0.3) is 0 Å². The van der Waals surface area contributed by atoms with Crippen molar-refractivity contribution < 1.29 is 0 Å². The smallest absolute Gasteiger partial charge is 0.0294 e. The van der Waals surface area contributed by atoms with Crippen LogP contribution in [0.2, 0.25) is 0 Å². The fraction of sp³-hybridized carbons (Fsp3) is 0.412. The van der Waals surface area contributed by atoms with Gasteiger partial charge >= 0.3 is 0 Å². The molecule has 0 radical (unpaired) electrons. The molecule has 0 aromatic heterocycles. The first-order chi connectivity index (χ1) is 9.24. The molecule has 102 valence electrons. The summed E-state index contributed by atoms with van der Waals surface area (Å²) in [4.78, 5) is 0. The number of hydrogen-bond acceptors (Lipinski definition) is 0. The summed E-state index contributed by atoms with van der Waals surface area (Å²) < 4.78 is 0. The Balaban J connectivity index is 2.39. The normalized spacial score (nSPS) is 11.9. The zero-order valence-electron chi connectivity index (χ0n) is 11.3. The Morgan fingerprint density at radius 2 is 1.63 bits per heavy atom. The van der Waals surface area contributed by atoms with Gasteiger partial charge in [-0.25, -0.2) is 0 Å². The monoisotopic (exact) mass is 294 g/mol. The Hall–Kier alpha value is -0.720. The molecule has 19 heavy (non-hydrogen) atoms. The maximum absolute atomic E-state index is 6.22. The Morgan fingerprint density at radius 1 is 0.947 bits per heavy atom. The van der Waals surface area contributed by atoms with Crippen LogP contribution in [0, 0.1) is 5.41 Å². The third kappa shape index (κ3) is 3.24. The van der Waals surface area contributed by atoms with E-state index >= 15 is 0 Å². The Morgan fingerprint density at radius 3 is 2.32 bits per heavy atom. The maximum Gasteiger partial charge on any atom is 0.0294 e. The molecule has 2 aromatic carbocycles. The second kappa shape index (κ2) is 6.63. The molecule has 0 N–H and O–H groups in total. The molecular formula is C17H20Cl2. The third-order valence-corrected chi connectivity index (χ3v) is 4.93. The summed E-state index contributed by atoms with van der Waals surface area (Å²) in [6.07, 6.45) is 3.14. The van der Waals surface area contributed by atoms with E-state index in [1.807, 2.05) is 0 Å². The van der Waals surface area contributed by atoms with Crippen LogP contribution in [0.15, 0.2) is 42.5 Å². The largest absolute Gasteiger partial charge is 0.126 e. The van der Waals surface area contributed by atoms with Crippen molar-refractivity contribution >= 4 is 34.0 Å². The first-order valence-corrected chi connectivity index (χ1v) is 7.90. The molecule has 0 aliphatic rings. The van der Waals surface area contributed by atoms with E-state index in [-0.39, 0.29) is 5.41 Å². The molecule has 0 aliphatic carbocycles. The fourth-order valence-electron chi connectivity index (χ4n) is 2.73. The van der Waals surface area contributed by atoms with E-state index in [0.29, 0.717) is 11.8 Å². The molecule has 2 rings (SSSR count). The molecule has 0 saturated heterocycles. The molecule has 0 nitrogen and oxygen atoms in total. The van der Waals surface area contributed by atoms with Crippen molar-refractivity contribution in [2.75, 3.05) is 11.8 Å². The lowest BCUT2D eigenvalue weighted by Crippen LogP contribution is -2.28. The summed E-state index contributed by atoms with van der Waals surface area (Å²) in [6, 6.07) is 15.0. The van der Waals surface area contributed by atoms with Gasteiger partial charge in [-0.1, -0.05) is 55.8 Å². The molecule has 0 atom stereocenters. The van der Waals surface area contributed by atoms with E-state index in [1.165, 1.54) is 16.3 Å². The average Bonchev–Trinajstić information content (AvgIpc) is 2.47. The van der Waals surface area contributed by atoms with Crippen LogP contribution in [0.25, 0.3) is 10.8 Å². The number of benzene rings is 2. The minimum Gasteiger partial charge on any atom is -0.126 e. The van der Waals surface area contributed by atoms with Crippen LogP contribution < -0.4 is 0 Å². The highest BCUT2D eigenvalue weighted by Gasteiger charge is 2.28. The molecule has 0 bridgehead atoms. The van der Waals surface area contributed by atoms with Gasteiger partial charge in [0.1, 0.15) is 0 Å². The predicted molar refractivity (Wildman–Crippen MR) is 86.4 cm³/mol. The summed E-state index contributed by atoms with van der Waals surface area (Å²) in [5, 5.41) is 2.61. The van der Waals surface area contributed by atoms with Crippen LogP contribution in [0.4, 0.5) is 0 Å². The van der Waals surface area contributed by atoms with Crippen molar-refractivity contribution in [3.05, 3.63) is 48.0 Å². The van der Waals surface area contributed by atoms with E-state index in [9.17, 15) is 0 Å². The number of rotatable bonds is 6. The van der Waals surface area contributed by atoms with Gasteiger partial charge in [-0.05, 0) is 29.2 Å². The van der Waals surface area contributed by atoms with Crippen LogP contribution in [-0.4, -0.2) is 11.8 Å². The van der Waals surface area contributed by atoms with E-state index in [2.05, 4.69) is 49.4 Å². The van der Waals surface area contributed by atoms with Gasteiger partial charge in [0.15, 0.2) is 0 Å². The van der Waals surface area contributed by atoms with Gasteiger partial charge in [0.2, 0.25) is 0 Å². The fourth-order valence-corrected chi connectivity index (χ4v) is 3.48. The number of hydrogen-bond donors (Lipinski definition) is 0. The van der Waals surface area contributed by atoms with Gasteiger partial charge < -0.3 is 0 Å². The first-order valence-electron chi connectivity index (χ1n) is 6.83. The summed E-state index contributed by atoms with van der Waals surface area (Å²) in [5.41, 5.74) is 1.37. The number of fused-ring (bicyclic) bond motifs is 1. The highest BCUT2D eigenvalue weighted by atomic mass is 35.5. The van der Waals surface area contributed by atoms with Gasteiger partial charge in [0.05, 0.1) is 0 Å². The van der Waals surface area contributed by atoms with Crippen molar-refractivity contribution in [1.82, 2.24) is 0 Å². The van der Waals surface area contributed by atoms with Crippen LogP contribution in [-0.2, 0) is 6.42 Å². The third-order valence-electron chi connectivity index (χ3n) is 3.79. The molecule has 2 aromatic rings. The zero-order chi connectivity index (χ0) is 13.7. The molecule has 0 heterocycles. The highest BCUT2D eigenvalue weighted by molar-refractivity contribution is 6.21. The van der Waals surface area contributed by atoms with Gasteiger partial charge in [-0.3, -0.25) is 0 Å². The summed E-state index contributed by atoms with van der Waals surface area (Å²) in [7, 11) is 0. The Bertz CT molecular complexity index is 524. The molecule has 0 aliphatic heterocycles. The van der Waals surface area contributed by atoms with E-state index < -0.39 is 0 Å². The Kier molecular flexibility index (Phi) is 5.13. The summed E-state index contributed by atoms with van der Waals surface area (Å²) in [6.45, 7) is 2.19. The van der Waals surface area contributed by atoms with Crippen LogP contribution in [0.5, 0.6) is 0 Å². The second-order valence-electron chi connectivity index (χ2n) is 5.33. The van der Waals surface area contributed by atoms with Crippen LogP contribution in [0.1, 0.15) is 25.3 Å². The maximum atomic E-state index is 6.22. The number of alkyl halides is 2. The lowest BCUT2D eigenvalue weighted by molar-refractivity contribution is 0.342. The highest BCUT2D eigenvalue weighted by Crippen LogP contribution is 2.34. The molecular weight excluding hydrogens is 275 g/mol. The number of halogens is 2. The summed E-state index contributed by atoms with van der Waals surface area (Å²) in [5.74, 6) is 1.24. The minimum absolute atomic E-state index is 0.0159. The Labute approximate surface area is 125 Å². The quantitative estimate of drug-likeness (QED) is 0.604. The average molecular weight is 295 g/mol. The predicted octanol–water partition coefficient (Wildman–Crippen LogP) is 5.65. The molecule has 0 amide bonds. The van der Waals surface area contributed by atoms with E-state index in [4.69, 9.17) is 23.2 Å². The topological polar surface area (TPSA) is 0 Å². The molecule has 0 spiro atoms. The SMILES string of the molecule is CCCC(CCl)(CCl)Cc1cccc2ccccc12. The molecule has 2 heteroatoms. The van der Waals surface area contributed by atoms with Crippen molar-refractivity contribution in [2.45, 2.75) is 26.2 Å². The standard InChI is InChI=1S/C17H20Cl2/c1-2-10-17(12-18,13-19)11-15-8-5-7-14-6-3-4-9-16(14)15/h3-9H,2,10-13H2,1H3. The van der Waals surface area contributed by atoms with Gasteiger partial charge in [0, 0.05) is 17.2 Å². The van der Waals surface area contributed by atoms with Crippen molar-refractivity contribution in [2.24, 2.45) is 5.41 Å². The van der Waals surface area contributed by atoms with Crippen molar-refractivity contribution in [3.63, 3.8) is 0 Å². The first kappa shape index (κ1) is 14.7. The molecule has 0 saturated carbocycles. The van der Waals surface area contributed by atoms with Crippen molar-refractivity contribution in [3.8, 4) is 0 Å². The van der Waals surface area contributed by atoms with Crippen LogP contribution >= 0.6 is 23.2 Å². The minimum atomic E-state index is 0.0159. The molecule has 0 fully saturated rings. The zero-order valence-corrected chi connectivity index (χ0v) is 12.8. The summed E-state index contributed by atoms with van der Waals surface area (Å²) >= 11 is 12.4.